The fourth-order valence-electron chi connectivity index (χ4n) is 1.67. The number of nitrogens with one attached hydrogen (secondary N) is 1. The molecule has 19 heavy (non-hydrogen) atoms. The summed E-state index contributed by atoms with van der Waals surface area (Å²) in [6.07, 6.45) is 3.30. The average molecular weight is 321 g/mol. The molecule has 0 saturated carbocycles. The highest BCUT2D eigenvalue weighted by Crippen LogP contribution is 2.11. The van der Waals surface area contributed by atoms with E-state index in [1.165, 1.54) is 12.4 Å². The standard InChI is InChI=1S/C13H13BrN4O/c14-11-7-17-12(8-16-11)18-13(19)5-9-3-1-2-4-10(9)6-15/h1-4,7-8H,5-6,15H2,(H,17,18,19). The van der Waals surface area contributed by atoms with Gasteiger partial charge >= 0.3 is 0 Å². The lowest BCUT2D eigenvalue weighted by Crippen LogP contribution is -2.17. The number of hydrogen-bond acceptors (Lipinski definition) is 4. The summed E-state index contributed by atoms with van der Waals surface area (Å²) in [6.45, 7) is 0.418. The van der Waals surface area contributed by atoms with Crippen molar-refractivity contribution in [1.29, 1.82) is 0 Å². The Morgan fingerprint density at radius 3 is 2.58 bits per heavy atom. The van der Waals surface area contributed by atoms with E-state index in [2.05, 4.69) is 31.2 Å². The zero-order chi connectivity index (χ0) is 13.7. The van der Waals surface area contributed by atoms with Crippen molar-refractivity contribution >= 4 is 27.7 Å². The first kappa shape index (κ1) is 13.6. The Balaban J connectivity index is 2.03. The van der Waals surface area contributed by atoms with Crippen LogP contribution in [0.3, 0.4) is 0 Å². The first-order chi connectivity index (χ1) is 9.19. The molecular weight excluding hydrogens is 308 g/mol. The van der Waals surface area contributed by atoms with Gasteiger partial charge in [-0.25, -0.2) is 9.97 Å². The van der Waals surface area contributed by atoms with Crippen molar-refractivity contribution in [2.45, 2.75) is 13.0 Å². The molecule has 0 spiro atoms. The summed E-state index contributed by atoms with van der Waals surface area (Å²) in [5.41, 5.74) is 7.53. The minimum Gasteiger partial charge on any atom is -0.326 e. The summed E-state index contributed by atoms with van der Waals surface area (Å²) in [5, 5.41) is 2.69. The maximum atomic E-state index is 11.9. The lowest BCUT2D eigenvalue weighted by atomic mass is 10.0. The van der Waals surface area contributed by atoms with Gasteiger partial charge in [0.25, 0.3) is 0 Å². The molecule has 1 aromatic carbocycles. The van der Waals surface area contributed by atoms with E-state index >= 15 is 0 Å². The third kappa shape index (κ3) is 3.84. The molecule has 0 atom stereocenters. The molecule has 0 unspecified atom stereocenters. The van der Waals surface area contributed by atoms with Crippen LogP contribution in [0, 0.1) is 0 Å². The highest BCUT2D eigenvalue weighted by atomic mass is 79.9. The van der Waals surface area contributed by atoms with Crippen LogP contribution in [0.2, 0.25) is 0 Å². The summed E-state index contributed by atoms with van der Waals surface area (Å²) in [7, 11) is 0. The van der Waals surface area contributed by atoms with Crippen LogP contribution >= 0.6 is 15.9 Å². The topological polar surface area (TPSA) is 80.9 Å². The Hall–Kier alpha value is -1.79. The van der Waals surface area contributed by atoms with Crippen molar-refractivity contribution in [1.82, 2.24) is 9.97 Å². The lowest BCUT2D eigenvalue weighted by molar-refractivity contribution is -0.115. The molecule has 6 heteroatoms. The number of anilines is 1. The van der Waals surface area contributed by atoms with Crippen LogP contribution in [-0.2, 0) is 17.8 Å². The predicted octanol–water partition coefficient (Wildman–Crippen LogP) is 1.88. The minimum absolute atomic E-state index is 0.141. The largest absolute Gasteiger partial charge is 0.326 e. The number of benzene rings is 1. The van der Waals surface area contributed by atoms with Gasteiger partial charge in [-0.2, -0.15) is 0 Å². The number of rotatable bonds is 4. The van der Waals surface area contributed by atoms with Crippen molar-refractivity contribution in [3.8, 4) is 0 Å². The normalized spacial score (nSPS) is 10.2. The molecule has 0 fully saturated rings. The van der Waals surface area contributed by atoms with Crippen LogP contribution in [-0.4, -0.2) is 15.9 Å². The first-order valence-electron chi connectivity index (χ1n) is 5.73. The maximum Gasteiger partial charge on any atom is 0.230 e. The Bertz CT molecular complexity index is 571. The molecule has 0 saturated heterocycles. The van der Waals surface area contributed by atoms with Crippen LogP contribution in [0.15, 0.2) is 41.3 Å². The molecule has 1 heterocycles. The highest BCUT2D eigenvalue weighted by Gasteiger charge is 2.08. The molecule has 1 aromatic heterocycles. The molecule has 5 nitrogen and oxygen atoms in total. The smallest absolute Gasteiger partial charge is 0.230 e. The maximum absolute atomic E-state index is 11.9. The zero-order valence-corrected chi connectivity index (χ0v) is 11.7. The second kappa shape index (κ2) is 6.40. The van der Waals surface area contributed by atoms with Crippen LogP contribution in [0.5, 0.6) is 0 Å². The van der Waals surface area contributed by atoms with Crippen LogP contribution in [0.4, 0.5) is 5.82 Å². The second-order valence-corrected chi connectivity index (χ2v) is 4.73. The van der Waals surface area contributed by atoms with Gasteiger partial charge in [-0.1, -0.05) is 24.3 Å². The average Bonchev–Trinajstić information content (AvgIpc) is 2.42. The highest BCUT2D eigenvalue weighted by molar-refractivity contribution is 9.10. The SMILES string of the molecule is NCc1ccccc1CC(=O)Nc1cnc(Br)cn1. The van der Waals surface area contributed by atoms with Crippen molar-refractivity contribution in [2.24, 2.45) is 5.73 Å². The fraction of sp³-hybridized carbons (Fsp3) is 0.154. The van der Waals surface area contributed by atoms with E-state index in [9.17, 15) is 4.79 Å². The number of amides is 1. The summed E-state index contributed by atoms with van der Waals surface area (Å²) in [4.78, 5) is 19.9. The molecule has 0 bridgehead atoms. The van der Waals surface area contributed by atoms with Crippen LogP contribution in [0.1, 0.15) is 11.1 Å². The third-order valence-electron chi connectivity index (χ3n) is 2.58. The number of carbonyl (C=O) groups excluding carboxylic acids is 1. The molecule has 2 aromatic rings. The summed E-state index contributed by atoms with van der Waals surface area (Å²) >= 11 is 3.18. The molecule has 0 aliphatic heterocycles. The number of nitrogens with two attached hydrogens (primary N) is 1. The number of aromatic nitrogens is 2. The van der Waals surface area contributed by atoms with Crippen LogP contribution < -0.4 is 11.1 Å². The predicted molar refractivity (Wildman–Crippen MR) is 76.4 cm³/mol. The van der Waals surface area contributed by atoms with Crippen molar-refractivity contribution < 1.29 is 4.79 Å². The quantitative estimate of drug-likeness (QED) is 0.901. The molecule has 0 aliphatic carbocycles. The molecule has 0 aliphatic rings. The van der Waals surface area contributed by atoms with Gasteiger partial charge in [0.1, 0.15) is 4.60 Å². The van der Waals surface area contributed by atoms with E-state index in [1.54, 1.807) is 0 Å². The number of nitrogens with zero attached hydrogens (tertiary/aromatic N) is 2. The number of halogens is 1. The van der Waals surface area contributed by atoms with E-state index in [-0.39, 0.29) is 12.3 Å². The second-order valence-electron chi connectivity index (χ2n) is 3.92. The van der Waals surface area contributed by atoms with Gasteiger partial charge in [0.15, 0.2) is 5.82 Å². The third-order valence-corrected chi connectivity index (χ3v) is 2.99. The molecule has 1 amide bonds. The summed E-state index contributed by atoms with van der Waals surface area (Å²) in [5.74, 6) is 0.288. The molecule has 3 N–H and O–H groups in total. The zero-order valence-electron chi connectivity index (χ0n) is 10.1. The first-order valence-corrected chi connectivity index (χ1v) is 6.52. The van der Waals surface area contributed by atoms with E-state index in [1.807, 2.05) is 24.3 Å². The molecular formula is C13H13BrN4O. The Labute approximate surface area is 119 Å². The number of carbonyl (C=O) groups is 1. The van der Waals surface area contributed by atoms with Gasteiger partial charge in [-0.3, -0.25) is 4.79 Å². The van der Waals surface area contributed by atoms with Gasteiger partial charge in [-0.15, -0.1) is 0 Å². The monoisotopic (exact) mass is 320 g/mol. The van der Waals surface area contributed by atoms with Gasteiger partial charge in [0.05, 0.1) is 18.8 Å². The lowest BCUT2D eigenvalue weighted by Gasteiger charge is -2.07. The molecule has 0 radical (unpaired) electrons. The molecule has 2 rings (SSSR count). The summed E-state index contributed by atoms with van der Waals surface area (Å²) < 4.78 is 0.624. The number of hydrogen-bond donors (Lipinski definition) is 2. The molecule has 98 valence electrons. The fourth-order valence-corrected chi connectivity index (χ4v) is 1.87. The van der Waals surface area contributed by atoms with Crippen molar-refractivity contribution in [2.75, 3.05) is 5.32 Å². The Kier molecular flexibility index (Phi) is 4.59. The van der Waals surface area contributed by atoms with E-state index in [0.717, 1.165) is 11.1 Å². The van der Waals surface area contributed by atoms with E-state index in [0.29, 0.717) is 17.0 Å². The Morgan fingerprint density at radius 1 is 1.21 bits per heavy atom. The van der Waals surface area contributed by atoms with E-state index in [4.69, 9.17) is 5.73 Å². The van der Waals surface area contributed by atoms with Gasteiger partial charge < -0.3 is 11.1 Å². The van der Waals surface area contributed by atoms with Gasteiger partial charge in [-0.05, 0) is 27.1 Å². The van der Waals surface area contributed by atoms with Crippen molar-refractivity contribution in [3.05, 3.63) is 52.4 Å². The Morgan fingerprint density at radius 2 is 1.95 bits per heavy atom. The summed E-state index contributed by atoms with van der Waals surface area (Å²) in [6, 6.07) is 7.61. The van der Waals surface area contributed by atoms with Crippen LogP contribution in [0.25, 0.3) is 0 Å². The minimum atomic E-state index is -0.141. The van der Waals surface area contributed by atoms with Crippen molar-refractivity contribution in [3.63, 3.8) is 0 Å². The van der Waals surface area contributed by atoms with Gasteiger partial charge in [0.2, 0.25) is 5.91 Å². The van der Waals surface area contributed by atoms with E-state index < -0.39 is 0 Å². The van der Waals surface area contributed by atoms with Gasteiger partial charge in [0, 0.05) is 6.54 Å².